The highest BCUT2D eigenvalue weighted by molar-refractivity contribution is 6.17. The number of carbonyl (C=O) groups is 1. The summed E-state index contributed by atoms with van der Waals surface area (Å²) in [6, 6.07) is 0. The minimum absolute atomic E-state index is 0.0371. The van der Waals surface area contributed by atoms with Gasteiger partial charge in [0.25, 0.3) is 0 Å². The Balaban J connectivity index is 2.82. The van der Waals surface area contributed by atoms with Crippen molar-refractivity contribution in [2.24, 2.45) is 0 Å². The molecule has 0 aromatic rings. The lowest BCUT2D eigenvalue weighted by Gasteiger charge is -1.94. The van der Waals surface area contributed by atoms with Gasteiger partial charge in [0.1, 0.15) is 6.61 Å². The van der Waals surface area contributed by atoms with Crippen molar-refractivity contribution >= 4 is 17.4 Å². The Morgan fingerprint density at radius 2 is 2.38 bits per heavy atom. The van der Waals surface area contributed by atoms with Gasteiger partial charge in [-0.15, -0.1) is 11.6 Å². The summed E-state index contributed by atoms with van der Waals surface area (Å²) < 4.78 is 4.76. The van der Waals surface area contributed by atoms with Crippen molar-refractivity contribution in [3.63, 3.8) is 0 Å². The van der Waals surface area contributed by atoms with Crippen molar-refractivity contribution < 1.29 is 9.53 Å². The lowest BCUT2D eigenvalue weighted by molar-refractivity contribution is -0.121. The molecule has 0 saturated heterocycles. The number of rotatable bonds is 4. The van der Waals surface area contributed by atoms with Gasteiger partial charge in [0.05, 0.1) is 6.61 Å². The van der Waals surface area contributed by atoms with E-state index in [1.807, 2.05) is 0 Å². The van der Waals surface area contributed by atoms with E-state index in [-0.39, 0.29) is 12.4 Å². The van der Waals surface area contributed by atoms with E-state index in [0.717, 1.165) is 0 Å². The minimum atomic E-state index is 0.0371. The van der Waals surface area contributed by atoms with E-state index in [9.17, 15) is 4.79 Å². The average molecular weight is 137 g/mol. The molecule has 0 unspecified atom stereocenters. The monoisotopic (exact) mass is 136 g/mol. The first-order valence-electron chi connectivity index (χ1n) is 2.40. The lowest BCUT2D eigenvalue weighted by Crippen LogP contribution is -2.05. The zero-order valence-electron chi connectivity index (χ0n) is 4.82. The SMILES string of the molecule is CC(=O)COCCCl. The topological polar surface area (TPSA) is 26.3 Å². The predicted octanol–water partition coefficient (Wildman–Crippen LogP) is 0.831. The zero-order valence-corrected chi connectivity index (χ0v) is 5.57. The van der Waals surface area contributed by atoms with Crippen LogP contribution in [0.25, 0.3) is 0 Å². The molecule has 0 aromatic carbocycles. The fraction of sp³-hybridized carbons (Fsp3) is 0.800. The van der Waals surface area contributed by atoms with Gasteiger partial charge >= 0.3 is 0 Å². The van der Waals surface area contributed by atoms with Crippen LogP contribution in [0.5, 0.6) is 0 Å². The van der Waals surface area contributed by atoms with Crippen LogP contribution in [0, 0.1) is 0 Å². The molecular weight excluding hydrogens is 128 g/mol. The number of hydrogen-bond donors (Lipinski definition) is 0. The number of ketones is 1. The van der Waals surface area contributed by atoms with Crippen LogP contribution < -0.4 is 0 Å². The molecular formula is C5H9ClO2. The van der Waals surface area contributed by atoms with E-state index in [1.54, 1.807) is 0 Å². The highest BCUT2D eigenvalue weighted by Crippen LogP contribution is 1.78. The molecule has 0 bridgehead atoms. The molecule has 0 spiro atoms. The fourth-order valence-corrected chi connectivity index (χ4v) is 0.380. The van der Waals surface area contributed by atoms with Gasteiger partial charge in [-0.05, 0) is 6.92 Å². The van der Waals surface area contributed by atoms with E-state index in [1.165, 1.54) is 6.92 Å². The summed E-state index contributed by atoms with van der Waals surface area (Å²) in [4.78, 5) is 10.2. The molecule has 0 fully saturated rings. The van der Waals surface area contributed by atoms with E-state index in [0.29, 0.717) is 12.5 Å². The van der Waals surface area contributed by atoms with Gasteiger partial charge in [-0.25, -0.2) is 0 Å². The Labute approximate surface area is 53.8 Å². The van der Waals surface area contributed by atoms with Gasteiger partial charge in [-0.1, -0.05) is 0 Å². The first kappa shape index (κ1) is 7.92. The van der Waals surface area contributed by atoms with E-state index in [2.05, 4.69) is 0 Å². The normalized spacial score (nSPS) is 9.25. The smallest absolute Gasteiger partial charge is 0.155 e. The predicted molar refractivity (Wildman–Crippen MR) is 32.2 cm³/mol. The second-order valence-corrected chi connectivity index (χ2v) is 1.82. The molecule has 48 valence electrons. The molecule has 0 heterocycles. The van der Waals surface area contributed by atoms with E-state index in [4.69, 9.17) is 16.3 Å². The zero-order chi connectivity index (χ0) is 6.41. The summed E-state index contributed by atoms with van der Waals surface area (Å²) in [6.07, 6.45) is 0. The second kappa shape index (κ2) is 5.06. The number of hydrogen-bond acceptors (Lipinski definition) is 2. The van der Waals surface area contributed by atoms with Gasteiger partial charge in [0, 0.05) is 5.88 Å². The largest absolute Gasteiger partial charge is 0.372 e. The van der Waals surface area contributed by atoms with E-state index >= 15 is 0 Å². The van der Waals surface area contributed by atoms with Gasteiger partial charge < -0.3 is 4.74 Å². The summed E-state index contributed by atoms with van der Waals surface area (Å²) in [5, 5.41) is 0. The maximum Gasteiger partial charge on any atom is 0.155 e. The van der Waals surface area contributed by atoms with E-state index < -0.39 is 0 Å². The Morgan fingerprint density at radius 1 is 1.75 bits per heavy atom. The first-order chi connectivity index (χ1) is 3.77. The molecule has 8 heavy (non-hydrogen) atoms. The molecule has 0 aromatic heterocycles. The quantitative estimate of drug-likeness (QED) is 0.423. The van der Waals surface area contributed by atoms with Gasteiger partial charge in [0.15, 0.2) is 5.78 Å². The highest BCUT2D eigenvalue weighted by Gasteiger charge is 1.89. The standard InChI is InChI=1S/C5H9ClO2/c1-5(7)4-8-3-2-6/h2-4H2,1H3. The summed E-state index contributed by atoms with van der Waals surface area (Å²) in [7, 11) is 0. The van der Waals surface area contributed by atoms with Gasteiger partial charge in [-0.3, -0.25) is 4.79 Å². The number of halogens is 1. The molecule has 0 radical (unpaired) electrons. The number of ether oxygens (including phenoxy) is 1. The van der Waals surface area contributed by atoms with Crippen LogP contribution in [0.1, 0.15) is 6.92 Å². The number of alkyl halides is 1. The van der Waals surface area contributed by atoms with Crippen molar-refractivity contribution in [1.29, 1.82) is 0 Å². The van der Waals surface area contributed by atoms with Gasteiger partial charge in [-0.2, -0.15) is 0 Å². The van der Waals surface area contributed by atoms with Crippen molar-refractivity contribution in [2.75, 3.05) is 19.1 Å². The number of Topliss-reactive ketones (excluding diaryl/α,β-unsaturated/α-hetero) is 1. The summed E-state index contributed by atoms with van der Waals surface area (Å²) in [5.74, 6) is 0.489. The summed E-state index contributed by atoms with van der Waals surface area (Å²) in [5.41, 5.74) is 0. The molecule has 3 heteroatoms. The molecule has 0 saturated carbocycles. The van der Waals surface area contributed by atoms with Gasteiger partial charge in [0.2, 0.25) is 0 Å². The maximum absolute atomic E-state index is 10.2. The molecule has 0 aliphatic rings. The lowest BCUT2D eigenvalue weighted by atomic mass is 10.5. The van der Waals surface area contributed by atoms with Crippen LogP contribution in [0.4, 0.5) is 0 Å². The van der Waals surface area contributed by atoms with Crippen LogP contribution in [0.2, 0.25) is 0 Å². The first-order valence-corrected chi connectivity index (χ1v) is 2.94. The van der Waals surface area contributed by atoms with Crippen molar-refractivity contribution in [1.82, 2.24) is 0 Å². The molecule has 0 aliphatic heterocycles. The third kappa shape index (κ3) is 5.92. The van der Waals surface area contributed by atoms with Crippen molar-refractivity contribution in [3.05, 3.63) is 0 Å². The third-order valence-corrected chi connectivity index (χ3v) is 0.681. The molecule has 0 N–H and O–H groups in total. The molecule has 2 nitrogen and oxygen atoms in total. The molecule has 0 rings (SSSR count). The number of carbonyl (C=O) groups excluding carboxylic acids is 1. The minimum Gasteiger partial charge on any atom is -0.372 e. The maximum atomic E-state index is 10.2. The summed E-state index contributed by atoms with van der Waals surface area (Å²) in [6.45, 7) is 2.13. The van der Waals surface area contributed by atoms with Crippen LogP contribution >= 0.6 is 11.6 Å². The Hall–Kier alpha value is -0.0800. The second-order valence-electron chi connectivity index (χ2n) is 1.44. The molecule has 0 atom stereocenters. The van der Waals surface area contributed by atoms with Crippen LogP contribution in [-0.2, 0) is 9.53 Å². The van der Waals surface area contributed by atoms with Crippen molar-refractivity contribution in [3.8, 4) is 0 Å². The van der Waals surface area contributed by atoms with Crippen molar-refractivity contribution in [2.45, 2.75) is 6.92 Å². The van der Waals surface area contributed by atoms with Crippen LogP contribution in [0.3, 0.4) is 0 Å². The highest BCUT2D eigenvalue weighted by atomic mass is 35.5. The average Bonchev–Trinajstić information content (AvgIpc) is 1.66. The molecule has 0 aliphatic carbocycles. The Kier molecular flexibility index (Phi) is 5.01. The fourth-order valence-electron chi connectivity index (χ4n) is 0.270. The van der Waals surface area contributed by atoms with Crippen LogP contribution in [-0.4, -0.2) is 24.9 Å². The summed E-state index contributed by atoms with van der Waals surface area (Å²) >= 11 is 5.25. The third-order valence-electron chi connectivity index (χ3n) is 0.527. The Bertz CT molecular complexity index is 72.8. The molecule has 0 amide bonds. The Morgan fingerprint density at radius 3 is 2.75 bits per heavy atom. The van der Waals surface area contributed by atoms with Crippen LogP contribution in [0.15, 0.2) is 0 Å².